The predicted molar refractivity (Wildman–Crippen MR) is 73.9 cm³/mol. The molecule has 0 N–H and O–H groups in total. The van der Waals surface area contributed by atoms with Gasteiger partial charge < -0.3 is 13.9 Å². The van der Waals surface area contributed by atoms with Crippen molar-refractivity contribution in [1.82, 2.24) is 9.13 Å². The van der Waals surface area contributed by atoms with Crippen molar-refractivity contribution in [2.75, 3.05) is 6.61 Å². The molecule has 0 aromatic carbocycles. The third kappa shape index (κ3) is 3.08. The first kappa shape index (κ1) is 13.5. The molecule has 4 heteroatoms. The quantitative estimate of drug-likeness (QED) is 0.774. The monoisotopic (exact) mass is 260 g/mol. The molecule has 2 heterocycles. The number of hydrogen-bond donors (Lipinski definition) is 0. The number of aryl methyl sites for hydroxylation is 2. The number of carbonyl (C=O) groups is 1. The van der Waals surface area contributed by atoms with E-state index in [1.807, 2.05) is 44.0 Å². The van der Waals surface area contributed by atoms with Gasteiger partial charge in [0.15, 0.2) is 0 Å². The molecule has 0 aliphatic carbocycles. The number of rotatable bonds is 5. The molecule has 1 atom stereocenters. The highest BCUT2D eigenvalue weighted by atomic mass is 16.5. The zero-order valence-corrected chi connectivity index (χ0v) is 11.7. The molecule has 1 unspecified atom stereocenters. The Hall–Kier alpha value is -1.97. The van der Waals surface area contributed by atoms with Crippen LogP contribution in [0.5, 0.6) is 0 Å². The minimum atomic E-state index is -0.155. The number of esters is 1. The lowest BCUT2D eigenvalue weighted by Gasteiger charge is -2.16. The Bertz CT molecular complexity index is 554. The molecule has 0 saturated carbocycles. The number of aromatic nitrogens is 2. The van der Waals surface area contributed by atoms with Gasteiger partial charge in [0.25, 0.3) is 0 Å². The second-order valence-corrected chi connectivity index (χ2v) is 4.72. The Kier molecular flexibility index (Phi) is 4.10. The largest absolute Gasteiger partial charge is 0.466 e. The van der Waals surface area contributed by atoms with Gasteiger partial charge in [0, 0.05) is 44.3 Å². The Morgan fingerprint density at radius 1 is 1.32 bits per heavy atom. The molecule has 0 radical (unpaired) electrons. The highest BCUT2D eigenvalue weighted by molar-refractivity contribution is 5.71. The van der Waals surface area contributed by atoms with E-state index in [4.69, 9.17) is 4.74 Å². The van der Waals surface area contributed by atoms with Crippen LogP contribution in [0.4, 0.5) is 0 Å². The normalized spacial score (nSPS) is 12.4. The van der Waals surface area contributed by atoms with E-state index in [0.29, 0.717) is 13.0 Å². The number of nitrogens with zero attached hydrogens (tertiary/aromatic N) is 2. The van der Waals surface area contributed by atoms with Crippen LogP contribution in [0.1, 0.15) is 30.5 Å². The first-order chi connectivity index (χ1) is 9.11. The van der Waals surface area contributed by atoms with Crippen LogP contribution in [-0.4, -0.2) is 21.7 Å². The van der Waals surface area contributed by atoms with Crippen LogP contribution >= 0.6 is 0 Å². The lowest BCUT2D eigenvalue weighted by Crippen LogP contribution is -2.13. The molecule has 19 heavy (non-hydrogen) atoms. The summed E-state index contributed by atoms with van der Waals surface area (Å²) in [6.45, 7) is 2.26. The third-order valence-electron chi connectivity index (χ3n) is 3.27. The molecule has 4 nitrogen and oxygen atoms in total. The van der Waals surface area contributed by atoms with Crippen molar-refractivity contribution in [3.8, 4) is 0 Å². The molecule has 0 bridgehead atoms. The van der Waals surface area contributed by atoms with Gasteiger partial charge in [-0.3, -0.25) is 4.79 Å². The van der Waals surface area contributed by atoms with Gasteiger partial charge in [0.1, 0.15) is 0 Å². The van der Waals surface area contributed by atoms with E-state index in [1.165, 1.54) is 0 Å². The number of hydrogen-bond acceptors (Lipinski definition) is 2. The number of ether oxygens (including phenoxy) is 1. The van der Waals surface area contributed by atoms with E-state index in [-0.39, 0.29) is 11.9 Å². The summed E-state index contributed by atoms with van der Waals surface area (Å²) in [5, 5.41) is 0. The summed E-state index contributed by atoms with van der Waals surface area (Å²) in [7, 11) is 3.98. The molecule has 102 valence electrons. The van der Waals surface area contributed by atoms with E-state index in [0.717, 1.165) is 11.3 Å². The first-order valence-electron chi connectivity index (χ1n) is 6.50. The van der Waals surface area contributed by atoms with Crippen LogP contribution in [0.25, 0.3) is 0 Å². The second kappa shape index (κ2) is 5.78. The smallest absolute Gasteiger partial charge is 0.306 e. The van der Waals surface area contributed by atoms with Gasteiger partial charge in [-0.25, -0.2) is 0 Å². The van der Waals surface area contributed by atoms with Crippen molar-refractivity contribution in [2.24, 2.45) is 14.1 Å². The highest BCUT2D eigenvalue weighted by Gasteiger charge is 2.21. The van der Waals surface area contributed by atoms with Gasteiger partial charge in [-0.15, -0.1) is 0 Å². The van der Waals surface area contributed by atoms with Crippen molar-refractivity contribution in [3.05, 3.63) is 48.0 Å². The average molecular weight is 260 g/mol. The molecule has 0 saturated heterocycles. The first-order valence-corrected chi connectivity index (χ1v) is 6.50. The fourth-order valence-corrected chi connectivity index (χ4v) is 2.35. The molecule has 0 aliphatic heterocycles. The standard InChI is InChI=1S/C15H20N2O2/c1-4-19-15(18)10-13(12-7-9-16(2)11-12)14-6-5-8-17(14)3/h5-9,11,13H,4,10H2,1-3H3. The average Bonchev–Trinajstić information content (AvgIpc) is 2.96. The van der Waals surface area contributed by atoms with Crippen molar-refractivity contribution in [3.63, 3.8) is 0 Å². The summed E-state index contributed by atoms with van der Waals surface area (Å²) in [5.41, 5.74) is 2.26. The SMILES string of the molecule is CCOC(=O)CC(c1ccn(C)c1)c1cccn1C. The van der Waals surface area contributed by atoms with Gasteiger partial charge in [0.05, 0.1) is 13.0 Å². The number of carbonyl (C=O) groups excluding carboxylic acids is 1. The summed E-state index contributed by atoms with van der Waals surface area (Å²) in [4.78, 5) is 11.8. The molecule has 2 rings (SSSR count). The summed E-state index contributed by atoms with van der Waals surface area (Å²) in [6, 6.07) is 6.10. The fraction of sp³-hybridized carbons (Fsp3) is 0.400. The topological polar surface area (TPSA) is 36.2 Å². The Morgan fingerprint density at radius 2 is 2.11 bits per heavy atom. The van der Waals surface area contributed by atoms with E-state index in [2.05, 4.69) is 22.9 Å². The Labute approximate surface area is 113 Å². The highest BCUT2D eigenvalue weighted by Crippen LogP contribution is 2.28. The molecule has 0 fully saturated rings. The van der Waals surface area contributed by atoms with Crippen LogP contribution in [0, 0.1) is 0 Å². The van der Waals surface area contributed by atoms with Gasteiger partial charge >= 0.3 is 5.97 Å². The van der Waals surface area contributed by atoms with Crippen molar-refractivity contribution in [1.29, 1.82) is 0 Å². The molecule has 2 aromatic rings. The van der Waals surface area contributed by atoms with Crippen LogP contribution in [0.15, 0.2) is 36.8 Å². The maximum atomic E-state index is 11.8. The van der Waals surface area contributed by atoms with Gasteiger partial charge in [-0.1, -0.05) is 0 Å². The summed E-state index contributed by atoms with van der Waals surface area (Å²) >= 11 is 0. The van der Waals surface area contributed by atoms with E-state index < -0.39 is 0 Å². The fourth-order valence-electron chi connectivity index (χ4n) is 2.35. The molecule has 0 spiro atoms. The van der Waals surface area contributed by atoms with E-state index in [1.54, 1.807) is 0 Å². The summed E-state index contributed by atoms with van der Waals surface area (Å²) in [6.07, 6.45) is 6.42. The Morgan fingerprint density at radius 3 is 2.63 bits per heavy atom. The van der Waals surface area contributed by atoms with Crippen LogP contribution in [0.2, 0.25) is 0 Å². The lowest BCUT2D eigenvalue weighted by molar-refractivity contribution is -0.143. The van der Waals surface area contributed by atoms with Crippen LogP contribution in [-0.2, 0) is 23.6 Å². The zero-order valence-electron chi connectivity index (χ0n) is 11.7. The molecule has 0 aliphatic rings. The minimum absolute atomic E-state index is 0.0419. The lowest BCUT2D eigenvalue weighted by atomic mass is 9.94. The minimum Gasteiger partial charge on any atom is -0.466 e. The second-order valence-electron chi connectivity index (χ2n) is 4.72. The van der Waals surface area contributed by atoms with Gasteiger partial charge in [-0.2, -0.15) is 0 Å². The molecular formula is C15H20N2O2. The van der Waals surface area contributed by atoms with E-state index in [9.17, 15) is 4.79 Å². The van der Waals surface area contributed by atoms with Gasteiger partial charge in [-0.05, 0) is 30.7 Å². The van der Waals surface area contributed by atoms with Gasteiger partial charge in [0.2, 0.25) is 0 Å². The van der Waals surface area contributed by atoms with E-state index >= 15 is 0 Å². The van der Waals surface area contributed by atoms with Crippen molar-refractivity contribution >= 4 is 5.97 Å². The van der Waals surface area contributed by atoms with Crippen molar-refractivity contribution < 1.29 is 9.53 Å². The Balaban J connectivity index is 2.28. The van der Waals surface area contributed by atoms with Crippen molar-refractivity contribution in [2.45, 2.75) is 19.3 Å². The molecule has 0 amide bonds. The summed E-state index contributed by atoms with van der Waals surface area (Å²) < 4.78 is 9.13. The molecule has 2 aromatic heterocycles. The zero-order chi connectivity index (χ0) is 13.8. The summed E-state index contributed by atoms with van der Waals surface area (Å²) in [5.74, 6) is -0.113. The maximum Gasteiger partial charge on any atom is 0.306 e. The van der Waals surface area contributed by atoms with Crippen LogP contribution < -0.4 is 0 Å². The predicted octanol–water partition coefficient (Wildman–Crippen LogP) is 2.45. The maximum absolute atomic E-state index is 11.8. The van der Waals surface area contributed by atoms with Crippen LogP contribution in [0.3, 0.4) is 0 Å². The third-order valence-corrected chi connectivity index (χ3v) is 3.27. The molecular weight excluding hydrogens is 240 g/mol.